The van der Waals surface area contributed by atoms with Crippen LogP contribution < -0.4 is 11.1 Å². The first-order valence-electron chi connectivity index (χ1n) is 7.81. The van der Waals surface area contributed by atoms with Crippen molar-refractivity contribution in [1.82, 2.24) is 10.2 Å². The maximum absolute atomic E-state index is 12.4. The van der Waals surface area contributed by atoms with Gasteiger partial charge in [0.2, 0.25) is 5.91 Å². The van der Waals surface area contributed by atoms with E-state index in [0.29, 0.717) is 11.6 Å². The molecule has 0 radical (unpaired) electrons. The molecule has 23 heavy (non-hydrogen) atoms. The Balaban J connectivity index is 0.00000264. The second-order valence-electron chi connectivity index (χ2n) is 6.87. The molecule has 0 bridgehead atoms. The Morgan fingerprint density at radius 2 is 2.04 bits per heavy atom. The van der Waals surface area contributed by atoms with Crippen LogP contribution >= 0.6 is 24.0 Å². The van der Waals surface area contributed by atoms with Crippen molar-refractivity contribution in [3.05, 3.63) is 34.9 Å². The van der Waals surface area contributed by atoms with E-state index >= 15 is 0 Å². The molecule has 0 aromatic heterocycles. The SMILES string of the molecule is CC(C(=O)NCc1ccc(Cl)cc1)N1CCC(N)C(C)(C)C1.Cl. The van der Waals surface area contributed by atoms with Crippen molar-refractivity contribution in [2.24, 2.45) is 11.1 Å². The highest BCUT2D eigenvalue weighted by molar-refractivity contribution is 6.30. The van der Waals surface area contributed by atoms with Crippen LogP contribution in [0.3, 0.4) is 0 Å². The average Bonchev–Trinajstić information content (AvgIpc) is 2.48. The predicted octanol–water partition coefficient (Wildman–Crippen LogP) is 2.83. The first kappa shape index (κ1) is 20.2. The van der Waals surface area contributed by atoms with Gasteiger partial charge in [0.25, 0.3) is 0 Å². The molecular weight excluding hydrogens is 333 g/mol. The van der Waals surface area contributed by atoms with Crippen LogP contribution in [-0.2, 0) is 11.3 Å². The minimum Gasteiger partial charge on any atom is -0.351 e. The Kier molecular flexibility index (Phi) is 7.33. The van der Waals surface area contributed by atoms with E-state index < -0.39 is 0 Å². The zero-order chi connectivity index (χ0) is 16.3. The van der Waals surface area contributed by atoms with E-state index in [1.54, 1.807) is 0 Å². The maximum atomic E-state index is 12.4. The van der Waals surface area contributed by atoms with Crippen molar-refractivity contribution >= 4 is 29.9 Å². The van der Waals surface area contributed by atoms with Crippen LogP contribution in [0.2, 0.25) is 5.02 Å². The van der Waals surface area contributed by atoms with Gasteiger partial charge in [-0.1, -0.05) is 37.6 Å². The molecule has 2 rings (SSSR count). The van der Waals surface area contributed by atoms with Crippen molar-refractivity contribution in [2.45, 2.75) is 45.8 Å². The van der Waals surface area contributed by atoms with E-state index in [4.69, 9.17) is 17.3 Å². The number of nitrogens with zero attached hydrogens (tertiary/aromatic N) is 1. The van der Waals surface area contributed by atoms with Crippen molar-refractivity contribution in [3.8, 4) is 0 Å². The summed E-state index contributed by atoms with van der Waals surface area (Å²) in [4.78, 5) is 14.6. The fourth-order valence-corrected chi connectivity index (χ4v) is 2.98. The smallest absolute Gasteiger partial charge is 0.237 e. The van der Waals surface area contributed by atoms with Crippen LogP contribution in [0.25, 0.3) is 0 Å². The molecule has 1 heterocycles. The molecule has 6 heteroatoms. The summed E-state index contributed by atoms with van der Waals surface area (Å²) in [5.74, 6) is 0.0567. The number of likely N-dealkylation sites (tertiary alicyclic amines) is 1. The van der Waals surface area contributed by atoms with E-state index in [1.165, 1.54) is 0 Å². The lowest BCUT2D eigenvalue weighted by molar-refractivity contribution is -0.127. The minimum atomic E-state index is -0.140. The quantitative estimate of drug-likeness (QED) is 0.868. The number of nitrogens with one attached hydrogen (secondary N) is 1. The molecule has 1 aliphatic heterocycles. The highest BCUT2D eigenvalue weighted by Crippen LogP contribution is 2.28. The van der Waals surface area contributed by atoms with Crippen molar-refractivity contribution in [1.29, 1.82) is 0 Å². The fourth-order valence-electron chi connectivity index (χ4n) is 2.85. The molecule has 1 saturated heterocycles. The average molecular weight is 360 g/mol. The van der Waals surface area contributed by atoms with E-state index in [0.717, 1.165) is 25.1 Å². The van der Waals surface area contributed by atoms with Crippen molar-refractivity contribution in [3.63, 3.8) is 0 Å². The molecule has 3 N–H and O–H groups in total. The predicted molar refractivity (Wildman–Crippen MR) is 98.0 cm³/mol. The number of carbonyl (C=O) groups is 1. The summed E-state index contributed by atoms with van der Waals surface area (Å²) in [6, 6.07) is 7.58. The molecular formula is C17H27Cl2N3O. The van der Waals surface area contributed by atoms with Gasteiger partial charge in [0, 0.05) is 30.7 Å². The lowest BCUT2D eigenvalue weighted by atomic mass is 9.79. The Bertz CT molecular complexity index is 519. The van der Waals surface area contributed by atoms with Crippen LogP contribution in [0.4, 0.5) is 0 Å². The van der Waals surface area contributed by atoms with Gasteiger partial charge in [0.05, 0.1) is 6.04 Å². The van der Waals surface area contributed by atoms with Gasteiger partial charge < -0.3 is 11.1 Å². The molecule has 130 valence electrons. The van der Waals surface area contributed by atoms with E-state index in [-0.39, 0.29) is 35.8 Å². The standard InChI is InChI=1S/C17H26ClN3O.ClH/c1-12(21-9-8-15(19)17(2,3)11-21)16(22)20-10-13-4-6-14(18)7-5-13;/h4-7,12,15H,8-11,19H2,1-3H3,(H,20,22);1H. The Labute approximate surface area is 150 Å². The highest BCUT2D eigenvalue weighted by Gasteiger charge is 2.36. The van der Waals surface area contributed by atoms with Crippen LogP contribution in [0, 0.1) is 5.41 Å². The van der Waals surface area contributed by atoms with E-state index in [2.05, 4.69) is 24.1 Å². The van der Waals surface area contributed by atoms with Gasteiger partial charge in [-0.25, -0.2) is 0 Å². The number of benzene rings is 1. The Morgan fingerprint density at radius 3 is 2.61 bits per heavy atom. The molecule has 1 aromatic rings. The molecule has 0 spiro atoms. The first-order chi connectivity index (χ1) is 10.3. The van der Waals surface area contributed by atoms with Gasteiger partial charge in [0.15, 0.2) is 0 Å². The summed E-state index contributed by atoms with van der Waals surface area (Å²) in [5.41, 5.74) is 7.25. The zero-order valence-electron chi connectivity index (χ0n) is 14.0. The fraction of sp³-hybridized carbons (Fsp3) is 0.588. The zero-order valence-corrected chi connectivity index (χ0v) is 15.6. The molecule has 2 atom stereocenters. The number of nitrogens with two attached hydrogens (primary N) is 1. The molecule has 0 aliphatic carbocycles. The van der Waals surface area contributed by atoms with Gasteiger partial charge >= 0.3 is 0 Å². The topological polar surface area (TPSA) is 58.4 Å². The molecule has 1 amide bonds. The number of carbonyl (C=O) groups excluding carboxylic acids is 1. The summed E-state index contributed by atoms with van der Waals surface area (Å²) < 4.78 is 0. The third-order valence-corrected chi connectivity index (χ3v) is 4.90. The van der Waals surface area contributed by atoms with Gasteiger partial charge in [-0.3, -0.25) is 9.69 Å². The number of piperidine rings is 1. The summed E-state index contributed by atoms with van der Waals surface area (Å²) >= 11 is 5.86. The van der Waals surface area contributed by atoms with Crippen molar-refractivity contribution in [2.75, 3.05) is 13.1 Å². The largest absolute Gasteiger partial charge is 0.351 e. The van der Waals surface area contributed by atoms with Crippen LogP contribution in [0.1, 0.15) is 32.8 Å². The van der Waals surface area contributed by atoms with Gasteiger partial charge in [-0.05, 0) is 36.5 Å². The molecule has 2 unspecified atom stereocenters. The van der Waals surface area contributed by atoms with Gasteiger partial charge in [-0.2, -0.15) is 0 Å². The summed E-state index contributed by atoms with van der Waals surface area (Å²) in [5, 5.41) is 3.70. The lowest BCUT2D eigenvalue weighted by Gasteiger charge is -2.44. The third kappa shape index (κ3) is 5.35. The Morgan fingerprint density at radius 1 is 1.43 bits per heavy atom. The van der Waals surface area contributed by atoms with Crippen LogP contribution in [-0.4, -0.2) is 36.0 Å². The van der Waals surface area contributed by atoms with Crippen molar-refractivity contribution < 1.29 is 4.79 Å². The monoisotopic (exact) mass is 359 g/mol. The summed E-state index contributed by atoms with van der Waals surface area (Å²) in [6.45, 7) is 8.55. The second kappa shape index (κ2) is 8.34. The van der Waals surface area contributed by atoms with E-state index in [9.17, 15) is 4.79 Å². The van der Waals surface area contributed by atoms with Gasteiger partial charge in [-0.15, -0.1) is 12.4 Å². The first-order valence-corrected chi connectivity index (χ1v) is 8.19. The van der Waals surface area contributed by atoms with E-state index in [1.807, 2.05) is 31.2 Å². The number of hydrogen-bond acceptors (Lipinski definition) is 3. The summed E-state index contributed by atoms with van der Waals surface area (Å²) in [7, 11) is 0. The number of hydrogen-bond donors (Lipinski definition) is 2. The highest BCUT2D eigenvalue weighted by atomic mass is 35.5. The third-order valence-electron chi connectivity index (χ3n) is 4.65. The lowest BCUT2D eigenvalue weighted by Crippen LogP contribution is -2.57. The number of halogens is 2. The second-order valence-corrected chi connectivity index (χ2v) is 7.31. The molecule has 1 aromatic carbocycles. The molecule has 1 aliphatic rings. The molecule has 4 nitrogen and oxygen atoms in total. The normalized spacial score (nSPS) is 22.0. The number of rotatable bonds is 4. The van der Waals surface area contributed by atoms with Gasteiger partial charge in [0.1, 0.15) is 0 Å². The number of amides is 1. The molecule has 0 saturated carbocycles. The van der Waals surface area contributed by atoms with Crippen LogP contribution in [0.15, 0.2) is 24.3 Å². The molecule has 1 fully saturated rings. The summed E-state index contributed by atoms with van der Waals surface area (Å²) in [6.07, 6.45) is 0.932. The minimum absolute atomic E-state index is 0. The van der Waals surface area contributed by atoms with Crippen LogP contribution in [0.5, 0.6) is 0 Å². The maximum Gasteiger partial charge on any atom is 0.237 e. The Hall–Kier alpha value is -0.810.